The van der Waals surface area contributed by atoms with Gasteiger partial charge in [0, 0.05) is 6.20 Å². The molecule has 1 N–H and O–H groups in total. The van der Waals surface area contributed by atoms with Crippen LogP contribution in [0.25, 0.3) is 0 Å². The first-order valence-electron chi connectivity index (χ1n) is 5.02. The monoisotopic (exact) mass is 346 g/mol. The van der Waals surface area contributed by atoms with Gasteiger partial charge in [-0.25, -0.2) is 0 Å². The number of nitrogens with zero attached hydrogens (tertiary/aromatic N) is 1. The maximum Gasteiger partial charge on any atom is 0.228 e. The fourth-order valence-corrected chi connectivity index (χ4v) is 3.00. The summed E-state index contributed by atoms with van der Waals surface area (Å²) < 4.78 is -0.235. The minimum atomic E-state index is -0.359. The molecule has 1 amide bonds. The molecule has 0 bridgehead atoms. The summed E-state index contributed by atoms with van der Waals surface area (Å²) in [6.07, 6.45) is 2.52. The summed E-state index contributed by atoms with van der Waals surface area (Å²) in [4.78, 5) is 16.1. The standard InChI is InChI=1S/C11H12Br2N2O/c1-10(7-11(10,12)13)9(16)15-6-8-4-2-3-5-14-8/h2-5H,6-7H2,1H3,(H,15,16)/t10-/m1/s1. The van der Waals surface area contributed by atoms with E-state index < -0.39 is 0 Å². The Bertz CT molecular complexity index is 408. The van der Waals surface area contributed by atoms with Crippen LogP contribution in [0.2, 0.25) is 0 Å². The minimum absolute atomic E-state index is 0.0481. The number of pyridine rings is 1. The highest BCUT2D eigenvalue weighted by Crippen LogP contribution is 2.66. The largest absolute Gasteiger partial charge is 0.350 e. The van der Waals surface area contributed by atoms with Crippen LogP contribution in [-0.4, -0.2) is 14.1 Å². The lowest BCUT2D eigenvalue weighted by Gasteiger charge is -2.12. The first-order valence-corrected chi connectivity index (χ1v) is 6.60. The second-order valence-corrected chi connectivity index (χ2v) is 7.99. The van der Waals surface area contributed by atoms with Gasteiger partial charge >= 0.3 is 0 Å². The van der Waals surface area contributed by atoms with Gasteiger partial charge in [-0.05, 0) is 25.5 Å². The maximum absolute atomic E-state index is 11.9. The molecule has 0 radical (unpaired) electrons. The Morgan fingerprint density at radius 2 is 2.25 bits per heavy atom. The van der Waals surface area contributed by atoms with Crippen molar-refractivity contribution in [2.24, 2.45) is 5.41 Å². The van der Waals surface area contributed by atoms with E-state index in [9.17, 15) is 4.79 Å². The minimum Gasteiger partial charge on any atom is -0.350 e. The van der Waals surface area contributed by atoms with Crippen molar-refractivity contribution in [2.45, 2.75) is 23.1 Å². The van der Waals surface area contributed by atoms with Crippen molar-refractivity contribution >= 4 is 37.8 Å². The lowest BCUT2D eigenvalue weighted by molar-refractivity contribution is -0.125. The molecule has 1 heterocycles. The third kappa shape index (κ3) is 2.15. The number of nitrogens with one attached hydrogen (secondary N) is 1. The molecular weight excluding hydrogens is 336 g/mol. The zero-order valence-electron chi connectivity index (χ0n) is 8.84. The molecule has 86 valence electrons. The molecule has 1 aliphatic carbocycles. The molecule has 0 aliphatic heterocycles. The number of aromatic nitrogens is 1. The molecule has 1 fully saturated rings. The van der Waals surface area contributed by atoms with E-state index in [0.29, 0.717) is 6.54 Å². The number of carbonyl (C=O) groups excluding carboxylic acids is 1. The van der Waals surface area contributed by atoms with Crippen molar-refractivity contribution in [2.75, 3.05) is 0 Å². The van der Waals surface area contributed by atoms with E-state index in [1.165, 1.54) is 0 Å². The third-order valence-corrected chi connectivity index (χ3v) is 5.23. The molecule has 0 aromatic carbocycles. The molecule has 0 unspecified atom stereocenters. The SMILES string of the molecule is C[C@]1(C(=O)NCc2ccccn2)CC1(Br)Br. The molecule has 5 heteroatoms. The van der Waals surface area contributed by atoms with Crippen molar-refractivity contribution in [1.82, 2.24) is 10.3 Å². The summed E-state index contributed by atoms with van der Waals surface area (Å²) in [5.74, 6) is 0.0481. The third-order valence-electron chi connectivity index (χ3n) is 2.92. The van der Waals surface area contributed by atoms with Crippen LogP contribution in [0.1, 0.15) is 19.0 Å². The molecule has 1 aromatic rings. The number of hydrogen-bond acceptors (Lipinski definition) is 2. The maximum atomic E-state index is 11.9. The normalized spacial score (nSPS) is 26.2. The number of amides is 1. The second-order valence-electron chi connectivity index (χ2n) is 4.22. The zero-order valence-corrected chi connectivity index (χ0v) is 12.0. The van der Waals surface area contributed by atoms with Crippen LogP contribution in [-0.2, 0) is 11.3 Å². The van der Waals surface area contributed by atoms with Crippen molar-refractivity contribution in [3.05, 3.63) is 30.1 Å². The van der Waals surface area contributed by atoms with Gasteiger partial charge in [-0.1, -0.05) is 37.9 Å². The van der Waals surface area contributed by atoms with E-state index in [1.54, 1.807) is 6.20 Å². The van der Waals surface area contributed by atoms with Crippen LogP contribution in [0.15, 0.2) is 24.4 Å². The van der Waals surface area contributed by atoms with Gasteiger partial charge in [0.2, 0.25) is 5.91 Å². The molecule has 1 aliphatic rings. The quantitative estimate of drug-likeness (QED) is 0.854. The average Bonchev–Trinajstić information content (AvgIpc) is 2.78. The van der Waals surface area contributed by atoms with Crippen molar-refractivity contribution in [3.63, 3.8) is 0 Å². The molecular formula is C11H12Br2N2O. The van der Waals surface area contributed by atoms with Gasteiger partial charge in [-0.3, -0.25) is 9.78 Å². The molecule has 3 nitrogen and oxygen atoms in total. The number of hydrogen-bond donors (Lipinski definition) is 1. The van der Waals surface area contributed by atoms with Crippen LogP contribution >= 0.6 is 31.9 Å². The van der Waals surface area contributed by atoms with E-state index >= 15 is 0 Å². The predicted octanol–water partition coefficient (Wildman–Crippen LogP) is 2.59. The second kappa shape index (κ2) is 4.11. The molecule has 1 saturated carbocycles. The molecule has 1 aromatic heterocycles. The molecule has 0 spiro atoms. The summed E-state index contributed by atoms with van der Waals surface area (Å²) in [6, 6.07) is 5.66. The lowest BCUT2D eigenvalue weighted by Crippen LogP contribution is -2.32. The van der Waals surface area contributed by atoms with Crippen molar-refractivity contribution < 1.29 is 4.79 Å². The van der Waals surface area contributed by atoms with Gasteiger partial charge in [0.1, 0.15) is 0 Å². The Balaban J connectivity index is 1.91. The Hall–Kier alpha value is -0.420. The van der Waals surface area contributed by atoms with Gasteiger partial charge in [0.25, 0.3) is 0 Å². The zero-order chi connectivity index (χ0) is 11.8. The van der Waals surface area contributed by atoms with Gasteiger partial charge in [-0.2, -0.15) is 0 Å². The highest BCUT2D eigenvalue weighted by atomic mass is 79.9. The summed E-state index contributed by atoms with van der Waals surface area (Å²) >= 11 is 6.95. The van der Waals surface area contributed by atoms with Gasteiger partial charge in [0.15, 0.2) is 0 Å². The average molecular weight is 348 g/mol. The first kappa shape index (κ1) is 12.0. The van der Waals surface area contributed by atoms with E-state index in [0.717, 1.165) is 12.1 Å². The van der Waals surface area contributed by atoms with Crippen LogP contribution in [0, 0.1) is 5.41 Å². The molecule has 2 rings (SSSR count). The van der Waals surface area contributed by atoms with Crippen LogP contribution in [0.5, 0.6) is 0 Å². The Morgan fingerprint density at radius 1 is 1.56 bits per heavy atom. The summed E-state index contributed by atoms with van der Waals surface area (Å²) in [5.41, 5.74) is 0.511. The van der Waals surface area contributed by atoms with E-state index in [4.69, 9.17) is 0 Å². The molecule has 1 atom stereocenters. The molecule has 0 saturated heterocycles. The topological polar surface area (TPSA) is 42.0 Å². The highest BCUT2D eigenvalue weighted by molar-refractivity contribution is 9.25. The van der Waals surface area contributed by atoms with Crippen molar-refractivity contribution in [3.8, 4) is 0 Å². The smallest absolute Gasteiger partial charge is 0.228 e. The van der Waals surface area contributed by atoms with E-state index in [2.05, 4.69) is 42.2 Å². The fraction of sp³-hybridized carbons (Fsp3) is 0.455. The Labute approximate surface area is 111 Å². The van der Waals surface area contributed by atoms with Crippen molar-refractivity contribution in [1.29, 1.82) is 0 Å². The number of carbonyl (C=O) groups is 1. The Kier molecular flexibility index (Phi) is 3.09. The summed E-state index contributed by atoms with van der Waals surface area (Å²) in [5, 5.41) is 2.90. The van der Waals surface area contributed by atoms with Gasteiger partial charge < -0.3 is 5.32 Å². The van der Waals surface area contributed by atoms with E-state index in [1.807, 2.05) is 25.1 Å². The number of alkyl halides is 2. The highest BCUT2D eigenvalue weighted by Gasteiger charge is 2.66. The van der Waals surface area contributed by atoms with E-state index in [-0.39, 0.29) is 14.6 Å². The summed E-state index contributed by atoms with van der Waals surface area (Å²) in [7, 11) is 0. The Morgan fingerprint density at radius 3 is 2.75 bits per heavy atom. The number of rotatable bonds is 3. The lowest BCUT2D eigenvalue weighted by atomic mass is 10.1. The number of halogens is 2. The van der Waals surface area contributed by atoms with Gasteiger partial charge in [0.05, 0.1) is 20.9 Å². The van der Waals surface area contributed by atoms with Crippen LogP contribution in [0.3, 0.4) is 0 Å². The molecule has 16 heavy (non-hydrogen) atoms. The van der Waals surface area contributed by atoms with Gasteiger partial charge in [-0.15, -0.1) is 0 Å². The summed E-state index contributed by atoms with van der Waals surface area (Å²) in [6.45, 7) is 2.41. The van der Waals surface area contributed by atoms with Crippen LogP contribution in [0.4, 0.5) is 0 Å². The predicted molar refractivity (Wildman–Crippen MR) is 69.4 cm³/mol. The van der Waals surface area contributed by atoms with Crippen LogP contribution < -0.4 is 5.32 Å². The first-order chi connectivity index (χ1) is 7.46. The fourth-order valence-electron chi connectivity index (χ4n) is 1.51.